The van der Waals surface area contributed by atoms with Gasteiger partial charge in [0.15, 0.2) is 0 Å². The van der Waals surface area contributed by atoms with Crippen LogP contribution in [0.4, 0.5) is 0 Å². The second-order valence-electron chi connectivity index (χ2n) is 7.93. The quantitative estimate of drug-likeness (QED) is 0.261. The average Bonchev–Trinajstić information content (AvgIpc) is 3.05. The maximum atomic E-state index is 3.44. The molecular weight excluding hydrogens is 292 g/mol. The van der Waals surface area contributed by atoms with Gasteiger partial charge in [0.2, 0.25) is 0 Å². The van der Waals surface area contributed by atoms with E-state index >= 15 is 0 Å². The van der Waals surface area contributed by atoms with Crippen LogP contribution in [0.15, 0.2) is 12.4 Å². The highest BCUT2D eigenvalue weighted by atomic mass is 15.1. The molecule has 1 N–H and O–H groups in total. The monoisotopic (exact) mass is 335 g/mol. The first-order valence-corrected chi connectivity index (χ1v) is 10.7. The predicted octanol–water partition coefficient (Wildman–Crippen LogP) is 7.08. The largest absolute Gasteiger partial charge is 0.257 e. The Morgan fingerprint density at radius 3 is 1.79 bits per heavy atom. The SMILES string of the molecule is CCCCCCCCCCCCCC[C@H](C)c1[nH]cc[n+]1C(C)C. The fourth-order valence-corrected chi connectivity index (χ4v) is 3.63. The van der Waals surface area contributed by atoms with Crippen molar-refractivity contribution < 1.29 is 4.57 Å². The second kappa shape index (κ2) is 13.5. The van der Waals surface area contributed by atoms with Crippen LogP contribution in [0.1, 0.15) is 129 Å². The van der Waals surface area contributed by atoms with Crippen LogP contribution >= 0.6 is 0 Å². The molecule has 140 valence electrons. The Kier molecular flexibility index (Phi) is 12.0. The van der Waals surface area contributed by atoms with Crippen molar-refractivity contribution >= 4 is 0 Å². The number of imidazole rings is 1. The first-order chi connectivity index (χ1) is 11.7. The zero-order valence-electron chi connectivity index (χ0n) is 16.9. The molecule has 2 nitrogen and oxygen atoms in total. The molecule has 1 heterocycles. The lowest BCUT2D eigenvalue weighted by Crippen LogP contribution is -2.39. The predicted molar refractivity (Wildman–Crippen MR) is 105 cm³/mol. The molecule has 0 aliphatic rings. The Morgan fingerprint density at radius 1 is 0.792 bits per heavy atom. The van der Waals surface area contributed by atoms with Crippen LogP contribution in [0, 0.1) is 0 Å². The number of aromatic amines is 1. The van der Waals surface area contributed by atoms with Gasteiger partial charge in [0.25, 0.3) is 5.82 Å². The third-order valence-corrected chi connectivity index (χ3v) is 5.26. The lowest BCUT2D eigenvalue weighted by atomic mass is 10.0. The van der Waals surface area contributed by atoms with E-state index in [2.05, 4.69) is 49.6 Å². The molecular formula is C22H43N2+. The molecule has 0 bridgehead atoms. The Morgan fingerprint density at radius 2 is 1.29 bits per heavy atom. The van der Waals surface area contributed by atoms with E-state index in [0.717, 1.165) is 0 Å². The second-order valence-corrected chi connectivity index (χ2v) is 7.93. The van der Waals surface area contributed by atoms with Crippen molar-refractivity contribution in [2.24, 2.45) is 0 Å². The lowest BCUT2D eigenvalue weighted by molar-refractivity contribution is -0.723. The van der Waals surface area contributed by atoms with E-state index in [4.69, 9.17) is 0 Å². The van der Waals surface area contributed by atoms with Gasteiger partial charge >= 0.3 is 0 Å². The molecule has 0 spiro atoms. The number of hydrogen-bond acceptors (Lipinski definition) is 0. The van der Waals surface area contributed by atoms with Crippen LogP contribution in [-0.4, -0.2) is 4.98 Å². The zero-order chi connectivity index (χ0) is 17.6. The summed E-state index contributed by atoms with van der Waals surface area (Å²) in [5.74, 6) is 2.04. The van der Waals surface area contributed by atoms with Crippen LogP contribution in [0.2, 0.25) is 0 Å². The first kappa shape index (κ1) is 21.3. The number of hydrogen-bond donors (Lipinski definition) is 1. The van der Waals surface area contributed by atoms with Crippen molar-refractivity contribution in [1.29, 1.82) is 0 Å². The van der Waals surface area contributed by atoms with Gasteiger partial charge in [-0.2, -0.15) is 0 Å². The summed E-state index contributed by atoms with van der Waals surface area (Å²) >= 11 is 0. The maximum Gasteiger partial charge on any atom is 0.257 e. The number of nitrogens with zero attached hydrogens (tertiary/aromatic N) is 1. The van der Waals surface area contributed by atoms with Gasteiger partial charge in [0.05, 0.1) is 12.0 Å². The van der Waals surface area contributed by atoms with Crippen molar-refractivity contribution in [2.75, 3.05) is 0 Å². The average molecular weight is 336 g/mol. The van der Waals surface area contributed by atoms with Crippen molar-refractivity contribution in [3.8, 4) is 0 Å². The summed E-state index contributed by atoms with van der Waals surface area (Å²) in [6, 6.07) is 0.552. The molecule has 0 fully saturated rings. The minimum absolute atomic E-state index is 0.552. The van der Waals surface area contributed by atoms with Crippen LogP contribution in [0.3, 0.4) is 0 Å². The zero-order valence-corrected chi connectivity index (χ0v) is 16.9. The number of nitrogens with one attached hydrogen (secondary N) is 1. The normalized spacial score (nSPS) is 12.9. The van der Waals surface area contributed by atoms with E-state index in [-0.39, 0.29) is 0 Å². The summed E-state index contributed by atoms with van der Waals surface area (Å²) in [7, 11) is 0. The van der Waals surface area contributed by atoms with Gasteiger partial charge in [-0.3, -0.25) is 0 Å². The van der Waals surface area contributed by atoms with Crippen LogP contribution in [0.5, 0.6) is 0 Å². The molecule has 0 saturated heterocycles. The minimum Gasteiger partial charge on any atom is -0.247 e. The van der Waals surface area contributed by atoms with Crippen molar-refractivity contribution in [1.82, 2.24) is 4.98 Å². The Labute approximate surface area is 151 Å². The van der Waals surface area contributed by atoms with E-state index in [9.17, 15) is 0 Å². The van der Waals surface area contributed by atoms with E-state index in [1.54, 1.807) is 0 Å². The van der Waals surface area contributed by atoms with Crippen molar-refractivity contribution in [3.05, 3.63) is 18.2 Å². The van der Waals surface area contributed by atoms with Gasteiger partial charge in [0, 0.05) is 0 Å². The van der Waals surface area contributed by atoms with E-state index in [0.29, 0.717) is 12.0 Å². The fraction of sp³-hybridized carbons (Fsp3) is 0.864. The van der Waals surface area contributed by atoms with Gasteiger partial charge in [-0.15, -0.1) is 0 Å². The van der Waals surface area contributed by atoms with Gasteiger partial charge in [0.1, 0.15) is 12.4 Å². The molecule has 1 aromatic heterocycles. The first-order valence-electron chi connectivity index (χ1n) is 10.7. The molecule has 1 rings (SSSR count). The topological polar surface area (TPSA) is 19.7 Å². The molecule has 1 aromatic rings. The summed E-state index contributed by atoms with van der Waals surface area (Å²) in [6.45, 7) is 9.17. The van der Waals surface area contributed by atoms with Gasteiger partial charge in [-0.05, 0) is 20.3 Å². The maximum absolute atomic E-state index is 3.44. The summed E-state index contributed by atoms with van der Waals surface area (Å²) < 4.78 is 2.38. The molecule has 0 unspecified atom stereocenters. The van der Waals surface area contributed by atoms with Crippen molar-refractivity contribution in [2.45, 2.75) is 123 Å². The fourth-order valence-electron chi connectivity index (χ4n) is 3.63. The number of unbranched alkanes of at least 4 members (excludes halogenated alkanes) is 11. The molecule has 1 atom stereocenters. The molecule has 0 saturated carbocycles. The van der Waals surface area contributed by atoms with Gasteiger partial charge < -0.3 is 0 Å². The summed E-state index contributed by atoms with van der Waals surface area (Å²) in [5.41, 5.74) is 0. The van der Waals surface area contributed by atoms with Gasteiger partial charge in [-0.1, -0.05) is 90.9 Å². The number of H-pyrrole nitrogens is 1. The van der Waals surface area contributed by atoms with E-state index < -0.39 is 0 Å². The van der Waals surface area contributed by atoms with Crippen LogP contribution in [-0.2, 0) is 0 Å². The van der Waals surface area contributed by atoms with Crippen LogP contribution < -0.4 is 4.57 Å². The van der Waals surface area contributed by atoms with E-state index in [1.807, 2.05) is 0 Å². The van der Waals surface area contributed by atoms with E-state index in [1.165, 1.54) is 89.3 Å². The Balaban J connectivity index is 1.96. The highest BCUT2D eigenvalue weighted by molar-refractivity contribution is 4.87. The number of rotatable bonds is 15. The van der Waals surface area contributed by atoms with Gasteiger partial charge in [-0.25, -0.2) is 9.55 Å². The molecule has 0 aliphatic carbocycles. The molecule has 0 radical (unpaired) electrons. The molecule has 2 heteroatoms. The third-order valence-electron chi connectivity index (χ3n) is 5.26. The molecule has 0 aliphatic heterocycles. The summed E-state index contributed by atoms with van der Waals surface area (Å²) in [4.78, 5) is 3.44. The third kappa shape index (κ3) is 8.89. The summed E-state index contributed by atoms with van der Waals surface area (Å²) in [6.07, 6.45) is 22.7. The Hall–Kier alpha value is -0.790. The number of aromatic nitrogens is 2. The highest BCUT2D eigenvalue weighted by Crippen LogP contribution is 2.19. The molecule has 0 aromatic carbocycles. The lowest BCUT2D eigenvalue weighted by Gasteiger charge is -2.10. The van der Waals surface area contributed by atoms with Crippen LogP contribution in [0.25, 0.3) is 0 Å². The van der Waals surface area contributed by atoms with Crippen molar-refractivity contribution in [3.63, 3.8) is 0 Å². The standard InChI is InChI=1S/C22H42N2/c1-5-6-7-8-9-10-11-12-13-14-15-16-17-21(4)22-23-18-19-24(22)20(2)3/h18-21H,5-17H2,1-4H3/p+1/t21-/m0/s1. The molecule has 0 amide bonds. The minimum atomic E-state index is 0.552. The Bertz CT molecular complexity index is 394. The highest BCUT2D eigenvalue weighted by Gasteiger charge is 2.19. The molecule has 24 heavy (non-hydrogen) atoms. The summed E-state index contributed by atoms with van der Waals surface area (Å²) in [5, 5.41) is 0. The smallest absolute Gasteiger partial charge is 0.247 e.